The van der Waals surface area contributed by atoms with Crippen LogP contribution < -0.4 is 5.32 Å². The SMILES string of the molecule is Fc1[c]ccnc1NC1CCOC1. The van der Waals surface area contributed by atoms with E-state index in [1.165, 1.54) is 12.3 Å². The fourth-order valence-corrected chi connectivity index (χ4v) is 1.29. The summed E-state index contributed by atoms with van der Waals surface area (Å²) in [6.07, 6.45) is 2.41. The van der Waals surface area contributed by atoms with Crippen molar-refractivity contribution in [2.24, 2.45) is 0 Å². The molecule has 4 heteroatoms. The van der Waals surface area contributed by atoms with Gasteiger partial charge >= 0.3 is 0 Å². The van der Waals surface area contributed by atoms with Crippen LogP contribution in [0.2, 0.25) is 0 Å². The maximum Gasteiger partial charge on any atom is 0.173 e. The molecule has 1 aromatic rings. The highest BCUT2D eigenvalue weighted by Crippen LogP contribution is 2.13. The highest BCUT2D eigenvalue weighted by molar-refractivity contribution is 5.36. The summed E-state index contributed by atoms with van der Waals surface area (Å²) in [7, 11) is 0. The van der Waals surface area contributed by atoms with Gasteiger partial charge in [-0.25, -0.2) is 9.37 Å². The smallest absolute Gasteiger partial charge is 0.173 e. The van der Waals surface area contributed by atoms with Crippen LogP contribution in [0.4, 0.5) is 10.2 Å². The molecule has 1 unspecified atom stereocenters. The molecule has 3 nitrogen and oxygen atoms in total. The number of ether oxygens (including phenoxy) is 1. The number of nitrogens with zero attached hydrogens (tertiary/aromatic N) is 1. The predicted octanol–water partition coefficient (Wildman–Crippen LogP) is 1.22. The lowest BCUT2D eigenvalue weighted by Crippen LogP contribution is -2.20. The molecule has 2 heterocycles. The number of nitrogens with one attached hydrogen (secondary N) is 1. The van der Waals surface area contributed by atoms with Crippen LogP contribution in [0.3, 0.4) is 0 Å². The molecule has 0 aromatic carbocycles. The van der Waals surface area contributed by atoms with E-state index in [0.717, 1.165) is 13.0 Å². The molecule has 0 aliphatic carbocycles. The molecule has 2 rings (SSSR count). The van der Waals surface area contributed by atoms with E-state index in [2.05, 4.69) is 16.4 Å². The summed E-state index contributed by atoms with van der Waals surface area (Å²) in [5.41, 5.74) is 0. The van der Waals surface area contributed by atoms with Gasteiger partial charge in [-0.2, -0.15) is 0 Å². The summed E-state index contributed by atoms with van der Waals surface area (Å²) in [4.78, 5) is 3.87. The van der Waals surface area contributed by atoms with Crippen molar-refractivity contribution in [1.29, 1.82) is 0 Å². The zero-order chi connectivity index (χ0) is 9.10. The van der Waals surface area contributed by atoms with Gasteiger partial charge in [-0.1, -0.05) is 0 Å². The zero-order valence-electron chi connectivity index (χ0n) is 7.09. The van der Waals surface area contributed by atoms with Crippen molar-refractivity contribution in [3.8, 4) is 0 Å². The summed E-state index contributed by atoms with van der Waals surface area (Å²) in [6.45, 7) is 1.35. The summed E-state index contributed by atoms with van der Waals surface area (Å²) in [6, 6.07) is 4.07. The Kier molecular flexibility index (Phi) is 2.40. The number of rotatable bonds is 2. The third kappa shape index (κ3) is 1.95. The number of aromatic nitrogens is 1. The largest absolute Gasteiger partial charge is 0.379 e. The van der Waals surface area contributed by atoms with Crippen LogP contribution in [-0.2, 0) is 4.74 Å². The van der Waals surface area contributed by atoms with Gasteiger partial charge in [0, 0.05) is 18.9 Å². The summed E-state index contributed by atoms with van der Waals surface area (Å²) < 4.78 is 18.2. The first-order valence-corrected chi connectivity index (χ1v) is 4.23. The van der Waals surface area contributed by atoms with Gasteiger partial charge in [0.2, 0.25) is 0 Å². The first-order valence-electron chi connectivity index (χ1n) is 4.23. The highest BCUT2D eigenvalue weighted by Gasteiger charge is 2.16. The molecule has 0 saturated carbocycles. The topological polar surface area (TPSA) is 34.2 Å². The number of hydrogen-bond donors (Lipinski definition) is 1. The lowest BCUT2D eigenvalue weighted by atomic mass is 10.2. The molecule has 1 N–H and O–H groups in total. The fraction of sp³-hybridized carbons (Fsp3) is 0.444. The molecule has 1 aliphatic rings. The number of hydrogen-bond acceptors (Lipinski definition) is 3. The summed E-state index contributed by atoms with van der Waals surface area (Å²) in [5.74, 6) is -0.174. The second-order valence-electron chi connectivity index (χ2n) is 2.96. The number of anilines is 1. The van der Waals surface area contributed by atoms with Gasteiger partial charge in [0.15, 0.2) is 11.6 Å². The molecule has 69 valence electrons. The van der Waals surface area contributed by atoms with Crippen LogP contribution in [0, 0.1) is 11.9 Å². The quantitative estimate of drug-likeness (QED) is 0.744. The lowest BCUT2D eigenvalue weighted by Gasteiger charge is -2.10. The van der Waals surface area contributed by atoms with E-state index in [-0.39, 0.29) is 11.9 Å². The molecular formula is C9H10FN2O. The molecule has 1 saturated heterocycles. The highest BCUT2D eigenvalue weighted by atomic mass is 19.1. The Balaban J connectivity index is 2.04. The third-order valence-corrected chi connectivity index (χ3v) is 1.97. The Labute approximate surface area is 75.9 Å². The normalized spacial score (nSPS) is 21.8. The molecular weight excluding hydrogens is 171 g/mol. The molecule has 13 heavy (non-hydrogen) atoms. The van der Waals surface area contributed by atoms with Gasteiger partial charge in [-0.05, 0) is 12.5 Å². The minimum absolute atomic E-state index is 0.179. The first-order chi connectivity index (χ1) is 6.36. The third-order valence-electron chi connectivity index (χ3n) is 1.97. The Morgan fingerprint density at radius 1 is 1.69 bits per heavy atom. The van der Waals surface area contributed by atoms with Crippen molar-refractivity contribution >= 4 is 5.82 Å². The van der Waals surface area contributed by atoms with Gasteiger partial charge in [0.25, 0.3) is 0 Å². The van der Waals surface area contributed by atoms with Crippen molar-refractivity contribution in [3.05, 3.63) is 24.1 Å². The van der Waals surface area contributed by atoms with E-state index < -0.39 is 5.82 Å². The van der Waals surface area contributed by atoms with E-state index >= 15 is 0 Å². The fourth-order valence-electron chi connectivity index (χ4n) is 1.29. The van der Waals surface area contributed by atoms with Crippen molar-refractivity contribution in [2.45, 2.75) is 12.5 Å². The molecule has 0 spiro atoms. The number of pyridine rings is 1. The van der Waals surface area contributed by atoms with E-state index in [4.69, 9.17) is 4.74 Å². The minimum atomic E-state index is -0.436. The average Bonchev–Trinajstić information content (AvgIpc) is 2.61. The Morgan fingerprint density at radius 2 is 2.62 bits per heavy atom. The average molecular weight is 181 g/mol. The van der Waals surface area contributed by atoms with E-state index in [9.17, 15) is 4.39 Å². The second-order valence-corrected chi connectivity index (χ2v) is 2.96. The maximum absolute atomic E-state index is 13.0. The lowest BCUT2D eigenvalue weighted by molar-refractivity contribution is 0.195. The Hall–Kier alpha value is -1.16. The van der Waals surface area contributed by atoms with Crippen molar-refractivity contribution in [1.82, 2.24) is 4.98 Å². The molecule has 1 aromatic heterocycles. The van der Waals surface area contributed by atoms with Crippen LogP contribution in [-0.4, -0.2) is 24.2 Å². The van der Waals surface area contributed by atoms with E-state index in [1.54, 1.807) is 0 Å². The minimum Gasteiger partial charge on any atom is -0.379 e. The standard InChI is InChI=1S/C9H10FN2O/c10-8-2-1-4-11-9(8)12-7-3-5-13-6-7/h1,4,7H,3,5-6H2,(H,11,12). The van der Waals surface area contributed by atoms with Crippen molar-refractivity contribution in [2.75, 3.05) is 18.5 Å². The van der Waals surface area contributed by atoms with E-state index in [1.807, 2.05) is 0 Å². The van der Waals surface area contributed by atoms with Crippen LogP contribution in [0.25, 0.3) is 0 Å². The maximum atomic E-state index is 13.0. The predicted molar refractivity (Wildman–Crippen MR) is 45.9 cm³/mol. The molecule has 0 bridgehead atoms. The van der Waals surface area contributed by atoms with E-state index in [0.29, 0.717) is 6.61 Å². The van der Waals surface area contributed by atoms with Gasteiger partial charge in [-0.3, -0.25) is 0 Å². The van der Waals surface area contributed by atoms with Crippen molar-refractivity contribution in [3.63, 3.8) is 0 Å². The molecule has 1 atom stereocenters. The number of halogens is 1. The van der Waals surface area contributed by atoms with Crippen LogP contribution >= 0.6 is 0 Å². The monoisotopic (exact) mass is 181 g/mol. The van der Waals surface area contributed by atoms with Crippen LogP contribution in [0.5, 0.6) is 0 Å². The Bertz CT molecular complexity index is 287. The second kappa shape index (κ2) is 3.70. The first kappa shape index (κ1) is 8.44. The summed E-state index contributed by atoms with van der Waals surface area (Å²) in [5, 5.41) is 2.97. The molecule has 1 fully saturated rings. The molecule has 1 aliphatic heterocycles. The van der Waals surface area contributed by atoms with Crippen LogP contribution in [0.1, 0.15) is 6.42 Å². The van der Waals surface area contributed by atoms with Gasteiger partial charge in [0.1, 0.15) is 0 Å². The molecule has 0 amide bonds. The zero-order valence-corrected chi connectivity index (χ0v) is 7.09. The van der Waals surface area contributed by atoms with Gasteiger partial charge in [0.05, 0.1) is 12.6 Å². The Morgan fingerprint density at radius 3 is 3.31 bits per heavy atom. The van der Waals surface area contributed by atoms with Gasteiger partial charge in [-0.15, -0.1) is 0 Å². The van der Waals surface area contributed by atoms with Gasteiger partial charge < -0.3 is 10.1 Å². The summed E-state index contributed by atoms with van der Waals surface area (Å²) >= 11 is 0. The molecule has 1 radical (unpaired) electrons. The van der Waals surface area contributed by atoms with Crippen molar-refractivity contribution < 1.29 is 9.13 Å². The van der Waals surface area contributed by atoms with Crippen LogP contribution in [0.15, 0.2) is 12.3 Å².